The maximum absolute atomic E-state index is 6.23. The fourth-order valence-corrected chi connectivity index (χ4v) is 2.91. The normalized spacial score (nSPS) is 11.2. The first-order chi connectivity index (χ1) is 8.15. The Hall–Kier alpha value is -1.39. The van der Waals surface area contributed by atoms with Gasteiger partial charge in [-0.2, -0.15) is 0 Å². The van der Waals surface area contributed by atoms with E-state index in [0.717, 1.165) is 38.1 Å². The van der Waals surface area contributed by atoms with Crippen LogP contribution >= 0.6 is 22.9 Å². The minimum Gasteiger partial charge on any atom is -0.336 e. The lowest BCUT2D eigenvalue weighted by molar-refractivity contribution is 1.22. The maximum atomic E-state index is 6.23. The van der Waals surface area contributed by atoms with Crippen LogP contribution in [-0.4, -0.2) is 15.0 Å². The monoisotopic (exact) mass is 263 g/mol. The van der Waals surface area contributed by atoms with Gasteiger partial charge in [-0.3, -0.25) is 0 Å². The Balaban J connectivity index is 2.21. The molecular formula is C12H10ClN3S. The molecule has 5 heteroatoms. The lowest BCUT2D eigenvalue weighted by atomic mass is 10.3. The average molecular weight is 264 g/mol. The summed E-state index contributed by atoms with van der Waals surface area (Å²) in [6.45, 7) is 3.95. The summed E-state index contributed by atoms with van der Waals surface area (Å²) >= 11 is 7.83. The number of hydrogen-bond donors (Lipinski definition) is 1. The molecule has 3 aromatic heterocycles. The predicted molar refractivity (Wildman–Crippen MR) is 71.7 cm³/mol. The van der Waals surface area contributed by atoms with Crippen LogP contribution in [0.5, 0.6) is 0 Å². The van der Waals surface area contributed by atoms with Crippen LogP contribution < -0.4 is 0 Å². The van der Waals surface area contributed by atoms with Crippen LogP contribution in [-0.2, 0) is 0 Å². The molecule has 1 N–H and O–H groups in total. The molecule has 0 saturated heterocycles. The second-order valence-corrected chi connectivity index (χ2v) is 5.23. The molecule has 0 bridgehead atoms. The third-order valence-electron chi connectivity index (χ3n) is 2.60. The van der Waals surface area contributed by atoms with Crippen molar-refractivity contribution in [1.29, 1.82) is 0 Å². The van der Waals surface area contributed by atoms with Gasteiger partial charge >= 0.3 is 0 Å². The van der Waals surface area contributed by atoms with E-state index in [1.807, 2.05) is 31.4 Å². The molecule has 0 spiro atoms. The maximum Gasteiger partial charge on any atom is 0.178 e. The number of rotatable bonds is 1. The lowest BCUT2D eigenvalue weighted by Gasteiger charge is -1.91. The lowest BCUT2D eigenvalue weighted by Crippen LogP contribution is -1.80. The highest BCUT2D eigenvalue weighted by Crippen LogP contribution is 2.35. The summed E-state index contributed by atoms with van der Waals surface area (Å²) in [6.07, 6.45) is 0. The number of imidazole rings is 1. The van der Waals surface area contributed by atoms with Gasteiger partial charge in [0.25, 0.3) is 0 Å². The van der Waals surface area contributed by atoms with E-state index in [-0.39, 0.29) is 0 Å². The number of thiophene rings is 1. The molecule has 3 rings (SSSR count). The van der Waals surface area contributed by atoms with Crippen LogP contribution in [0.25, 0.3) is 21.9 Å². The van der Waals surface area contributed by atoms with Gasteiger partial charge in [0.15, 0.2) is 11.5 Å². The van der Waals surface area contributed by atoms with E-state index >= 15 is 0 Å². The van der Waals surface area contributed by atoms with E-state index in [4.69, 9.17) is 11.6 Å². The van der Waals surface area contributed by atoms with Crippen LogP contribution in [0, 0.1) is 13.8 Å². The van der Waals surface area contributed by atoms with E-state index in [9.17, 15) is 0 Å². The standard InChI is InChI=1S/C12H10ClN3S/c1-6-5-17-10(9(6)13)12-15-8-4-3-7(2)14-11(8)16-12/h3-5H,1-2H3,(H,14,15,16). The van der Waals surface area contributed by atoms with Crippen molar-refractivity contribution in [2.45, 2.75) is 13.8 Å². The third kappa shape index (κ3) is 1.73. The number of aryl methyl sites for hydroxylation is 2. The topological polar surface area (TPSA) is 41.6 Å². The molecule has 0 aliphatic rings. The Morgan fingerprint density at radius 1 is 1.24 bits per heavy atom. The van der Waals surface area contributed by atoms with Crippen molar-refractivity contribution in [2.24, 2.45) is 0 Å². The zero-order valence-corrected chi connectivity index (χ0v) is 11.0. The molecular weight excluding hydrogens is 254 g/mol. The highest BCUT2D eigenvalue weighted by Gasteiger charge is 2.13. The van der Waals surface area contributed by atoms with Crippen molar-refractivity contribution >= 4 is 34.1 Å². The second-order valence-electron chi connectivity index (χ2n) is 3.97. The van der Waals surface area contributed by atoms with Crippen LogP contribution in [0.2, 0.25) is 5.02 Å². The van der Waals surface area contributed by atoms with E-state index in [2.05, 4.69) is 15.0 Å². The average Bonchev–Trinajstić information content (AvgIpc) is 2.83. The van der Waals surface area contributed by atoms with Gasteiger partial charge in [-0.1, -0.05) is 11.6 Å². The summed E-state index contributed by atoms with van der Waals surface area (Å²) in [4.78, 5) is 13.1. The first-order valence-electron chi connectivity index (χ1n) is 5.22. The van der Waals surface area contributed by atoms with E-state index in [1.165, 1.54) is 0 Å². The van der Waals surface area contributed by atoms with Gasteiger partial charge < -0.3 is 4.98 Å². The first-order valence-corrected chi connectivity index (χ1v) is 6.48. The molecule has 3 nitrogen and oxygen atoms in total. The Kier molecular flexibility index (Phi) is 2.42. The number of H-pyrrole nitrogens is 1. The third-order valence-corrected chi connectivity index (χ3v) is 4.30. The molecule has 17 heavy (non-hydrogen) atoms. The highest BCUT2D eigenvalue weighted by molar-refractivity contribution is 7.14. The van der Waals surface area contributed by atoms with Crippen molar-refractivity contribution in [3.8, 4) is 10.7 Å². The summed E-state index contributed by atoms with van der Waals surface area (Å²) in [6, 6.07) is 3.95. The van der Waals surface area contributed by atoms with Gasteiger partial charge in [-0.25, -0.2) is 9.97 Å². The Morgan fingerprint density at radius 3 is 2.76 bits per heavy atom. The Morgan fingerprint density at radius 2 is 2.06 bits per heavy atom. The number of halogens is 1. The molecule has 0 aromatic carbocycles. The number of aromatic nitrogens is 3. The Bertz CT molecular complexity index is 699. The van der Waals surface area contributed by atoms with Gasteiger partial charge in [-0.15, -0.1) is 11.3 Å². The van der Waals surface area contributed by atoms with Crippen molar-refractivity contribution in [1.82, 2.24) is 15.0 Å². The van der Waals surface area contributed by atoms with Gasteiger partial charge in [0.1, 0.15) is 0 Å². The number of aromatic amines is 1. The zero-order valence-electron chi connectivity index (χ0n) is 9.41. The van der Waals surface area contributed by atoms with Crippen LogP contribution in [0.4, 0.5) is 0 Å². The van der Waals surface area contributed by atoms with Crippen molar-refractivity contribution in [3.05, 3.63) is 33.8 Å². The fraction of sp³-hybridized carbons (Fsp3) is 0.167. The smallest absolute Gasteiger partial charge is 0.178 e. The number of pyridine rings is 1. The molecule has 0 aliphatic carbocycles. The van der Waals surface area contributed by atoms with Crippen molar-refractivity contribution in [2.75, 3.05) is 0 Å². The molecule has 3 heterocycles. The van der Waals surface area contributed by atoms with Gasteiger partial charge in [-0.05, 0) is 36.9 Å². The quantitative estimate of drug-likeness (QED) is 0.722. The van der Waals surface area contributed by atoms with E-state index in [0.29, 0.717) is 0 Å². The van der Waals surface area contributed by atoms with E-state index < -0.39 is 0 Å². The number of nitrogens with one attached hydrogen (secondary N) is 1. The van der Waals surface area contributed by atoms with Crippen molar-refractivity contribution in [3.63, 3.8) is 0 Å². The molecule has 0 atom stereocenters. The number of nitrogens with zero attached hydrogens (tertiary/aromatic N) is 2. The molecule has 3 aromatic rings. The largest absolute Gasteiger partial charge is 0.336 e. The minimum absolute atomic E-state index is 0.738. The summed E-state index contributed by atoms with van der Waals surface area (Å²) < 4.78 is 0. The first kappa shape index (κ1) is 10.7. The van der Waals surface area contributed by atoms with Crippen LogP contribution in [0.3, 0.4) is 0 Å². The summed E-state index contributed by atoms with van der Waals surface area (Å²) in [5.74, 6) is 0.793. The molecule has 0 fully saturated rings. The molecule has 86 valence electrons. The summed E-state index contributed by atoms with van der Waals surface area (Å²) in [5.41, 5.74) is 3.72. The zero-order chi connectivity index (χ0) is 12.0. The molecule has 0 unspecified atom stereocenters. The predicted octanol–water partition coefficient (Wildman–Crippen LogP) is 3.96. The SMILES string of the molecule is Cc1ccc2[nH]c(-c3scc(C)c3Cl)nc2n1. The minimum atomic E-state index is 0.738. The Labute approximate surface area is 107 Å². The van der Waals surface area contributed by atoms with Gasteiger partial charge in [0.05, 0.1) is 15.4 Å². The fourth-order valence-electron chi connectivity index (χ4n) is 1.68. The second kappa shape index (κ2) is 3.82. The molecule has 0 amide bonds. The van der Waals surface area contributed by atoms with Gasteiger partial charge in [0, 0.05) is 5.69 Å². The van der Waals surface area contributed by atoms with E-state index in [1.54, 1.807) is 11.3 Å². The molecule has 0 aliphatic heterocycles. The van der Waals surface area contributed by atoms with Crippen LogP contribution in [0.1, 0.15) is 11.3 Å². The van der Waals surface area contributed by atoms with Crippen LogP contribution in [0.15, 0.2) is 17.5 Å². The molecule has 0 radical (unpaired) electrons. The number of fused-ring (bicyclic) bond motifs is 1. The van der Waals surface area contributed by atoms with Crippen molar-refractivity contribution < 1.29 is 0 Å². The number of hydrogen-bond acceptors (Lipinski definition) is 3. The molecule has 0 saturated carbocycles. The van der Waals surface area contributed by atoms with Gasteiger partial charge in [0.2, 0.25) is 0 Å². The summed E-state index contributed by atoms with van der Waals surface area (Å²) in [7, 11) is 0. The highest BCUT2D eigenvalue weighted by atomic mass is 35.5. The summed E-state index contributed by atoms with van der Waals surface area (Å²) in [5, 5.41) is 2.80.